The highest BCUT2D eigenvalue weighted by Gasteiger charge is 2.17. The fourth-order valence-corrected chi connectivity index (χ4v) is 4.85. The SMILES string of the molecule is CCCCCCCCCCC(CCCCCCCCCC)C(=S=O)C(C)=S=O. The average Bonchev–Trinajstić information content (AvgIpc) is 2.71. The smallest absolute Gasteiger partial charge is 0.0935 e. The summed E-state index contributed by atoms with van der Waals surface area (Å²) in [5.41, 5.74) is 0. The molecule has 0 aliphatic rings. The molecule has 0 fully saturated rings. The summed E-state index contributed by atoms with van der Waals surface area (Å²) in [6, 6.07) is 0. The van der Waals surface area contributed by atoms with Gasteiger partial charge in [0.2, 0.25) is 0 Å². The monoisotopic (exact) mass is 430 g/mol. The van der Waals surface area contributed by atoms with Crippen molar-refractivity contribution in [2.45, 2.75) is 136 Å². The van der Waals surface area contributed by atoms with Crippen molar-refractivity contribution in [2.24, 2.45) is 5.92 Å². The van der Waals surface area contributed by atoms with Crippen molar-refractivity contribution in [3.05, 3.63) is 0 Å². The zero-order valence-electron chi connectivity index (χ0n) is 18.9. The fraction of sp³-hybridized carbons (Fsp3) is 0.917. The van der Waals surface area contributed by atoms with Crippen LogP contribution < -0.4 is 0 Å². The number of hydrogen-bond donors (Lipinski definition) is 0. The summed E-state index contributed by atoms with van der Waals surface area (Å²) < 4.78 is 22.9. The van der Waals surface area contributed by atoms with Gasteiger partial charge in [-0.1, -0.05) is 117 Å². The minimum Gasteiger partial charge on any atom is -0.212 e. The summed E-state index contributed by atoms with van der Waals surface area (Å²) in [6.45, 7) is 6.34. The standard InChI is InChI=1S/C24H46O2S2/c1-4-6-8-10-12-14-16-18-20-23(24(28-26)22(3)27-25)21-19-17-15-13-11-9-7-5-2/h23H,4-21H2,1-3H3. The second-order valence-electron chi connectivity index (χ2n) is 8.31. The second kappa shape index (κ2) is 21.5. The molecule has 0 bridgehead atoms. The van der Waals surface area contributed by atoms with Crippen molar-refractivity contribution >= 4 is 32.2 Å². The topological polar surface area (TPSA) is 34.1 Å². The van der Waals surface area contributed by atoms with E-state index in [1.165, 1.54) is 103 Å². The van der Waals surface area contributed by atoms with E-state index in [9.17, 15) is 8.42 Å². The molecule has 0 aromatic carbocycles. The minimum absolute atomic E-state index is 0.309. The molecule has 0 rings (SSSR count). The maximum atomic E-state index is 11.6. The molecule has 0 aliphatic carbocycles. The third-order valence-electron chi connectivity index (χ3n) is 5.74. The van der Waals surface area contributed by atoms with Crippen molar-refractivity contribution < 1.29 is 8.42 Å². The molecule has 4 heteroatoms. The first-order valence-corrected chi connectivity index (χ1v) is 13.5. The summed E-state index contributed by atoms with van der Waals surface area (Å²) in [4.78, 5) is 1.52. The lowest BCUT2D eigenvalue weighted by Gasteiger charge is -2.17. The van der Waals surface area contributed by atoms with E-state index >= 15 is 0 Å². The molecule has 0 N–H and O–H groups in total. The van der Waals surface area contributed by atoms with Crippen LogP contribution in [0.3, 0.4) is 0 Å². The first-order chi connectivity index (χ1) is 13.7. The highest BCUT2D eigenvalue weighted by Crippen LogP contribution is 2.21. The van der Waals surface area contributed by atoms with Gasteiger partial charge >= 0.3 is 0 Å². The van der Waals surface area contributed by atoms with Crippen molar-refractivity contribution in [3.63, 3.8) is 0 Å². The highest BCUT2D eigenvalue weighted by molar-refractivity contribution is 7.76. The van der Waals surface area contributed by atoms with Gasteiger partial charge in [0, 0.05) is 0 Å². The highest BCUT2D eigenvalue weighted by atomic mass is 32.1. The average molecular weight is 431 g/mol. The molecular formula is C24H46O2S2. The van der Waals surface area contributed by atoms with Crippen LogP contribution >= 0.6 is 0 Å². The summed E-state index contributed by atoms with van der Waals surface area (Å²) in [5, 5.41) is 0. The Balaban J connectivity index is 4.20. The van der Waals surface area contributed by atoms with Crippen LogP contribution in [0.2, 0.25) is 0 Å². The van der Waals surface area contributed by atoms with Crippen LogP contribution in [0.25, 0.3) is 0 Å². The van der Waals surface area contributed by atoms with Crippen molar-refractivity contribution in [1.29, 1.82) is 0 Å². The van der Waals surface area contributed by atoms with Crippen LogP contribution in [-0.4, -0.2) is 18.1 Å². The zero-order chi connectivity index (χ0) is 20.9. The molecule has 0 spiro atoms. The van der Waals surface area contributed by atoms with E-state index in [1.54, 1.807) is 0 Å². The molecule has 2 nitrogen and oxygen atoms in total. The molecule has 0 aromatic rings. The minimum atomic E-state index is 0.309. The van der Waals surface area contributed by atoms with Crippen LogP contribution in [0, 0.1) is 5.92 Å². The van der Waals surface area contributed by atoms with Crippen LogP contribution in [0.5, 0.6) is 0 Å². The molecule has 0 aromatic heterocycles. The quantitative estimate of drug-likeness (QED) is 0.148. The van der Waals surface area contributed by atoms with E-state index in [1.807, 2.05) is 6.92 Å². The third kappa shape index (κ3) is 15.7. The van der Waals surface area contributed by atoms with Crippen LogP contribution in [0.15, 0.2) is 0 Å². The van der Waals surface area contributed by atoms with Gasteiger partial charge in [-0.2, -0.15) is 0 Å². The van der Waals surface area contributed by atoms with Gasteiger partial charge in [0.1, 0.15) is 0 Å². The van der Waals surface area contributed by atoms with E-state index < -0.39 is 0 Å². The number of unbranched alkanes of at least 4 members (excludes halogenated alkanes) is 14. The molecule has 0 amide bonds. The van der Waals surface area contributed by atoms with E-state index in [0.717, 1.165) is 17.7 Å². The van der Waals surface area contributed by atoms with Crippen molar-refractivity contribution in [2.75, 3.05) is 0 Å². The Labute approximate surface area is 182 Å². The predicted octanol–water partition coefficient (Wildman–Crippen LogP) is 7.45. The van der Waals surface area contributed by atoms with E-state index in [4.69, 9.17) is 0 Å². The summed E-state index contributed by atoms with van der Waals surface area (Å²) in [7, 11) is 0. The molecule has 0 atom stereocenters. The number of hydrogen-bond acceptors (Lipinski definition) is 2. The Hall–Kier alpha value is -0.220. The van der Waals surface area contributed by atoms with E-state index in [0.29, 0.717) is 33.3 Å². The lowest BCUT2D eigenvalue weighted by molar-refractivity contribution is 0.484. The molecule has 0 saturated carbocycles. The maximum absolute atomic E-state index is 11.6. The lowest BCUT2D eigenvalue weighted by Crippen LogP contribution is -2.22. The summed E-state index contributed by atoms with van der Waals surface area (Å²) >= 11 is 1.08. The Bertz CT molecular complexity index is 443. The normalized spacial score (nSPS) is 11.0. The Morgan fingerprint density at radius 1 is 0.571 bits per heavy atom. The predicted molar refractivity (Wildman–Crippen MR) is 130 cm³/mol. The number of rotatable bonds is 20. The first kappa shape index (κ1) is 27.8. The lowest BCUT2D eigenvalue weighted by atomic mass is 9.90. The third-order valence-corrected chi connectivity index (χ3v) is 7.16. The van der Waals surface area contributed by atoms with Gasteiger partial charge in [0.05, 0.1) is 32.2 Å². The fourth-order valence-electron chi connectivity index (χ4n) is 3.91. The molecule has 0 heterocycles. The molecule has 0 unspecified atom stereocenters. The molecule has 0 radical (unpaired) electrons. The van der Waals surface area contributed by atoms with E-state index in [-0.39, 0.29) is 0 Å². The molecule has 28 heavy (non-hydrogen) atoms. The van der Waals surface area contributed by atoms with Gasteiger partial charge in [-0.25, -0.2) is 8.42 Å². The van der Waals surface area contributed by atoms with Crippen LogP contribution in [0.1, 0.15) is 136 Å². The Morgan fingerprint density at radius 2 is 0.929 bits per heavy atom. The Morgan fingerprint density at radius 3 is 1.25 bits per heavy atom. The summed E-state index contributed by atoms with van der Waals surface area (Å²) in [6.07, 6.45) is 23.2. The largest absolute Gasteiger partial charge is 0.212 e. The van der Waals surface area contributed by atoms with Crippen LogP contribution in [-0.2, 0) is 22.5 Å². The zero-order valence-corrected chi connectivity index (χ0v) is 20.6. The van der Waals surface area contributed by atoms with Crippen LogP contribution in [0.4, 0.5) is 0 Å². The van der Waals surface area contributed by atoms with Crippen molar-refractivity contribution in [3.8, 4) is 0 Å². The summed E-state index contributed by atoms with van der Waals surface area (Å²) in [5.74, 6) is 0.309. The molecule has 166 valence electrons. The van der Waals surface area contributed by atoms with Gasteiger partial charge in [-0.3, -0.25) is 0 Å². The second-order valence-corrected chi connectivity index (χ2v) is 9.70. The van der Waals surface area contributed by atoms with Gasteiger partial charge in [0.15, 0.2) is 0 Å². The van der Waals surface area contributed by atoms with Crippen molar-refractivity contribution in [1.82, 2.24) is 0 Å². The maximum Gasteiger partial charge on any atom is 0.0935 e. The molecular weight excluding hydrogens is 384 g/mol. The van der Waals surface area contributed by atoms with Gasteiger partial charge < -0.3 is 0 Å². The van der Waals surface area contributed by atoms with E-state index in [2.05, 4.69) is 13.8 Å². The molecule has 0 aliphatic heterocycles. The van der Waals surface area contributed by atoms with Gasteiger partial charge in [-0.15, -0.1) is 0 Å². The van der Waals surface area contributed by atoms with Gasteiger partial charge in [-0.05, 0) is 25.7 Å². The molecule has 0 saturated heterocycles. The first-order valence-electron chi connectivity index (χ1n) is 12.0. The Kier molecular flexibility index (Phi) is 21.3. The van der Waals surface area contributed by atoms with Gasteiger partial charge in [0.25, 0.3) is 0 Å².